The summed E-state index contributed by atoms with van der Waals surface area (Å²) in [5.74, 6) is -0.107. The molecule has 2 aliphatic heterocycles. The highest BCUT2D eigenvalue weighted by Crippen LogP contribution is 2.17. The Bertz CT molecular complexity index is 759. The van der Waals surface area contributed by atoms with Crippen molar-refractivity contribution < 1.29 is 31.7 Å². The lowest BCUT2D eigenvalue weighted by atomic mass is 10.1. The van der Waals surface area contributed by atoms with Gasteiger partial charge in [0, 0.05) is 32.7 Å². The number of carbonyl (C=O) groups excluding carboxylic acids is 2. The van der Waals surface area contributed by atoms with Gasteiger partial charge in [0.05, 0.1) is 18.8 Å². The molecule has 2 heterocycles. The first-order chi connectivity index (χ1) is 13.7. The van der Waals surface area contributed by atoms with E-state index in [9.17, 15) is 18.0 Å². The lowest BCUT2D eigenvalue weighted by Crippen LogP contribution is -2.58. The average Bonchev–Trinajstić information content (AvgIpc) is 2.95. The second-order valence-corrected chi connectivity index (χ2v) is 10.0. The Morgan fingerprint density at radius 3 is 2.40 bits per heavy atom. The molecule has 0 spiro atoms. The van der Waals surface area contributed by atoms with Gasteiger partial charge in [0.1, 0.15) is 24.1 Å². The third-order valence-electron chi connectivity index (χ3n) is 4.58. The van der Waals surface area contributed by atoms with Gasteiger partial charge >= 0.3 is 12.2 Å². The van der Waals surface area contributed by atoms with Gasteiger partial charge in [0.2, 0.25) is 0 Å². The van der Waals surface area contributed by atoms with E-state index in [1.807, 2.05) is 4.90 Å². The molecule has 2 rings (SSSR count). The van der Waals surface area contributed by atoms with E-state index in [0.717, 1.165) is 6.26 Å². The van der Waals surface area contributed by atoms with Crippen LogP contribution in [-0.4, -0.2) is 111 Å². The summed E-state index contributed by atoms with van der Waals surface area (Å²) in [6.45, 7) is 7.15. The van der Waals surface area contributed by atoms with Crippen molar-refractivity contribution in [2.75, 3.05) is 52.1 Å². The molecule has 0 aromatic carbocycles. The van der Waals surface area contributed by atoms with Gasteiger partial charge < -0.3 is 25.0 Å². The molecule has 2 atom stereocenters. The van der Waals surface area contributed by atoms with Crippen molar-refractivity contribution in [1.29, 1.82) is 5.41 Å². The van der Waals surface area contributed by atoms with Crippen LogP contribution in [0, 0.1) is 5.41 Å². The van der Waals surface area contributed by atoms with Crippen molar-refractivity contribution in [3.63, 3.8) is 0 Å². The fraction of sp³-hybridized carbons (Fsp3) is 0.824. The van der Waals surface area contributed by atoms with Crippen molar-refractivity contribution in [3.05, 3.63) is 0 Å². The van der Waals surface area contributed by atoms with E-state index in [-0.39, 0.29) is 25.5 Å². The number of nitrogens with one attached hydrogen (secondary N) is 1. The number of rotatable bonds is 7. The minimum atomic E-state index is -3.64. The van der Waals surface area contributed by atoms with Crippen LogP contribution < -0.4 is 5.73 Å². The molecule has 3 N–H and O–H groups in total. The van der Waals surface area contributed by atoms with Gasteiger partial charge in [-0.1, -0.05) is 0 Å². The van der Waals surface area contributed by atoms with Gasteiger partial charge in [-0.05, 0) is 20.8 Å². The van der Waals surface area contributed by atoms with Crippen molar-refractivity contribution in [3.8, 4) is 0 Å². The first-order valence-electron chi connectivity index (χ1n) is 9.61. The Kier molecular flexibility index (Phi) is 7.53. The summed E-state index contributed by atoms with van der Waals surface area (Å²) in [6, 6.07) is -0.548. The zero-order valence-electron chi connectivity index (χ0n) is 17.8. The fourth-order valence-corrected chi connectivity index (χ4v) is 3.57. The van der Waals surface area contributed by atoms with Crippen LogP contribution in [0.1, 0.15) is 20.8 Å². The number of carbonyl (C=O) groups is 2. The molecular formula is C17H31N5O7S. The lowest BCUT2D eigenvalue weighted by molar-refractivity contribution is 0.0122. The Morgan fingerprint density at radius 1 is 1.30 bits per heavy atom. The minimum Gasteiger partial charge on any atom is -0.444 e. The van der Waals surface area contributed by atoms with E-state index < -0.39 is 40.1 Å². The zero-order valence-corrected chi connectivity index (χ0v) is 18.6. The van der Waals surface area contributed by atoms with Crippen molar-refractivity contribution in [1.82, 2.24) is 14.7 Å². The van der Waals surface area contributed by atoms with Gasteiger partial charge in [-0.3, -0.25) is 14.5 Å². The summed E-state index contributed by atoms with van der Waals surface area (Å²) in [6.07, 6.45) is -0.803. The number of hydrogen-bond acceptors (Lipinski definition) is 9. The minimum absolute atomic E-state index is 0.107. The van der Waals surface area contributed by atoms with Gasteiger partial charge in [0.25, 0.3) is 10.1 Å². The maximum absolute atomic E-state index is 12.2. The SMILES string of the molecule is CC(C)(C)OC(=O)N1CCN(C(CN2CC(COS(C)(=O)=O)OC2=O)C(=N)N)CC1. The van der Waals surface area contributed by atoms with E-state index >= 15 is 0 Å². The molecule has 12 nitrogen and oxygen atoms in total. The molecule has 30 heavy (non-hydrogen) atoms. The quantitative estimate of drug-likeness (QED) is 0.301. The van der Waals surface area contributed by atoms with Crippen LogP contribution in [0.15, 0.2) is 0 Å². The Hall–Kier alpha value is -2.12. The van der Waals surface area contributed by atoms with Crippen LogP contribution in [0.2, 0.25) is 0 Å². The molecule has 2 fully saturated rings. The predicted octanol–water partition coefficient (Wildman–Crippen LogP) is -0.359. The summed E-state index contributed by atoms with van der Waals surface area (Å²) in [5, 5.41) is 7.93. The van der Waals surface area contributed by atoms with E-state index in [0.29, 0.717) is 26.2 Å². The van der Waals surface area contributed by atoms with Crippen LogP contribution in [-0.2, 0) is 23.8 Å². The predicted molar refractivity (Wildman–Crippen MR) is 108 cm³/mol. The zero-order chi connectivity index (χ0) is 22.7. The molecule has 2 aliphatic rings. The molecule has 2 amide bonds. The number of piperazine rings is 1. The third-order valence-corrected chi connectivity index (χ3v) is 5.14. The number of nitrogens with zero attached hydrogens (tertiary/aromatic N) is 3. The second kappa shape index (κ2) is 9.35. The summed E-state index contributed by atoms with van der Waals surface area (Å²) in [4.78, 5) is 29.2. The van der Waals surface area contributed by atoms with Crippen molar-refractivity contribution in [2.24, 2.45) is 5.73 Å². The largest absolute Gasteiger partial charge is 0.444 e. The molecule has 13 heteroatoms. The molecule has 0 bridgehead atoms. The van der Waals surface area contributed by atoms with E-state index in [1.165, 1.54) is 4.90 Å². The summed E-state index contributed by atoms with van der Waals surface area (Å²) >= 11 is 0. The van der Waals surface area contributed by atoms with Crippen molar-refractivity contribution >= 4 is 28.1 Å². The highest BCUT2D eigenvalue weighted by molar-refractivity contribution is 7.85. The van der Waals surface area contributed by atoms with Gasteiger partial charge in [-0.25, -0.2) is 9.59 Å². The fourth-order valence-electron chi connectivity index (χ4n) is 3.17. The Morgan fingerprint density at radius 2 is 1.90 bits per heavy atom. The molecule has 0 aromatic rings. The van der Waals surface area contributed by atoms with Crippen molar-refractivity contribution in [2.45, 2.75) is 38.5 Å². The first-order valence-corrected chi connectivity index (χ1v) is 11.4. The lowest BCUT2D eigenvalue weighted by Gasteiger charge is -2.39. The van der Waals surface area contributed by atoms with Crippen LogP contribution in [0.3, 0.4) is 0 Å². The molecular weight excluding hydrogens is 418 g/mol. The van der Waals surface area contributed by atoms with Crippen LogP contribution in [0.5, 0.6) is 0 Å². The summed E-state index contributed by atoms with van der Waals surface area (Å²) in [7, 11) is -3.64. The maximum Gasteiger partial charge on any atom is 0.410 e. The number of cyclic esters (lactones) is 1. The van der Waals surface area contributed by atoms with Gasteiger partial charge in [-0.2, -0.15) is 8.42 Å². The van der Waals surface area contributed by atoms with Crippen LogP contribution in [0.4, 0.5) is 9.59 Å². The smallest absolute Gasteiger partial charge is 0.410 e. The topological polar surface area (TPSA) is 156 Å². The standard InChI is InChI=1S/C17H31N5O7S/c1-17(2,3)29-16(24)21-7-5-20(6-8-21)13(14(18)19)10-22-9-12(28-15(22)23)11-27-30(4,25)26/h12-13H,5-11H2,1-4H3,(H3,18,19). The number of nitrogens with two attached hydrogens (primary N) is 1. The number of amidine groups is 1. The van der Waals surface area contributed by atoms with Gasteiger partial charge in [0.15, 0.2) is 0 Å². The van der Waals surface area contributed by atoms with Crippen LogP contribution in [0.25, 0.3) is 0 Å². The average molecular weight is 450 g/mol. The van der Waals surface area contributed by atoms with Gasteiger partial charge in [-0.15, -0.1) is 0 Å². The number of ether oxygens (including phenoxy) is 2. The molecule has 2 unspecified atom stereocenters. The number of amides is 2. The number of hydrogen-bond donors (Lipinski definition) is 2. The highest BCUT2D eigenvalue weighted by Gasteiger charge is 2.37. The molecule has 0 aliphatic carbocycles. The summed E-state index contributed by atoms with van der Waals surface area (Å²) < 4.78 is 37.4. The monoisotopic (exact) mass is 449 g/mol. The first kappa shape index (κ1) is 24.2. The van der Waals surface area contributed by atoms with E-state index in [1.54, 1.807) is 25.7 Å². The normalized spacial score (nSPS) is 22.0. The summed E-state index contributed by atoms with van der Waals surface area (Å²) in [5.41, 5.74) is 5.19. The molecule has 0 radical (unpaired) electrons. The van der Waals surface area contributed by atoms with E-state index in [2.05, 4.69) is 4.18 Å². The Labute approximate surface area is 176 Å². The maximum atomic E-state index is 12.2. The van der Waals surface area contributed by atoms with E-state index in [4.69, 9.17) is 20.6 Å². The highest BCUT2D eigenvalue weighted by atomic mass is 32.2. The molecule has 0 saturated carbocycles. The van der Waals surface area contributed by atoms with Crippen LogP contribution >= 0.6 is 0 Å². The Balaban J connectivity index is 1.90. The molecule has 2 saturated heterocycles. The molecule has 172 valence electrons. The molecule has 0 aromatic heterocycles. The third kappa shape index (κ3) is 7.29. The second-order valence-electron chi connectivity index (χ2n) is 8.37.